The van der Waals surface area contributed by atoms with Gasteiger partial charge in [0.15, 0.2) is 5.15 Å². The Morgan fingerprint density at radius 2 is 2.06 bits per heavy atom. The molecule has 17 heavy (non-hydrogen) atoms. The predicted octanol–water partition coefficient (Wildman–Crippen LogP) is 3.14. The molecule has 0 aliphatic carbocycles. The lowest BCUT2D eigenvalue weighted by Gasteiger charge is -2.35. The topological polar surface area (TPSA) is 29.0 Å². The first-order valence-electron chi connectivity index (χ1n) is 5.89. The largest absolute Gasteiger partial charge is 0.300 e. The van der Waals surface area contributed by atoms with E-state index in [0.29, 0.717) is 17.1 Å². The lowest BCUT2D eigenvalue weighted by Crippen LogP contribution is -2.39. The molecule has 2 rings (SSSR count). The summed E-state index contributed by atoms with van der Waals surface area (Å²) < 4.78 is 0. The maximum atomic E-state index is 6.09. The van der Waals surface area contributed by atoms with Crippen LogP contribution in [-0.2, 0) is 0 Å². The van der Waals surface area contributed by atoms with Crippen molar-refractivity contribution in [2.75, 3.05) is 13.1 Å². The second-order valence-corrected chi connectivity index (χ2v) is 5.02. The van der Waals surface area contributed by atoms with Crippen molar-refractivity contribution in [3.63, 3.8) is 0 Å². The molecular weight excluding hydrogens is 257 g/mol. The van der Waals surface area contributed by atoms with E-state index in [4.69, 9.17) is 11.6 Å². The van der Waals surface area contributed by atoms with Crippen LogP contribution in [-0.4, -0.2) is 34.0 Å². The van der Waals surface area contributed by atoms with Gasteiger partial charge in [-0.05, 0) is 33.2 Å². The Hall–Kier alpha value is -0.380. The van der Waals surface area contributed by atoms with Gasteiger partial charge in [0.05, 0.1) is 5.69 Å². The standard InChI is InChI=1S/C12H18ClN3.ClH/c1-9(2)16-7-3-4-10(8-16)11-12(13)15-6-5-14-11;/h5-6,9-10H,3-4,7-8H2,1-2H3;1H. The molecule has 2 heterocycles. The smallest absolute Gasteiger partial charge is 0.150 e. The van der Waals surface area contributed by atoms with Crippen molar-refractivity contribution in [2.45, 2.75) is 38.6 Å². The lowest BCUT2D eigenvalue weighted by molar-refractivity contribution is 0.166. The first kappa shape index (κ1) is 14.7. The van der Waals surface area contributed by atoms with Crippen LogP contribution in [0, 0.1) is 0 Å². The third-order valence-electron chi connectivity index (χ3n) is 3.25. The van der Waals surface area contributed by atoms with E-state index in [1.54, 1.807) is 12.4 Å². The van der Waals surface area contributed by atoms with E-state index in [9.17, 15) is 0 Å². The van der Waals surface area contributed by atoms with Gasteiger partial charge in [-0.25, -0.2) is 4.98 Å². The van der Waals surface area contributed by atoms with Crippen LogP contribution < -0.4 is 0 Å². The van der Waals surface area contributed by atoms with Crippen molar-refractivity contribution >= 4 is 24.0 Å². The van der Waals surface area contributed by atoms with Gasteiger partial charge >= 0.3 is 0 Å². The third kappa shape index (κ3) is 3.54. The summed E-state index contributed by atoms with van der Waals surface area (Å²) in [6.45, 7) is 6.71. The van der Waals surface area contributed by atoms with Crippen molar-refractivity contribution in [1.82, 2.24) is 14.9 Å². The highest BCUT2D eigenvalue weighted by molar-refractivity contribution is 6.30. The zero-order valence-corrected chi connectivity index (χ0v) is 11.8. The molecule has 1 aromatic rings. The summed E-state index contributed by atoms with van der Waals surface area (Å²) in [7, 11) is 0. The number of rotatable bonds is 2. The minimum absolute atomic E-state index is 0. The quantitative estimate of drug-likeness (QED) is 0.831. The maximum Gasteiger partial charge on any atom is 0.150 e. The molecule has 0 aromatic carbocycles. The first-order valence-corrected chi connectivity index (χ1v) is 6.26. The van der Waals surface area contributed by atoms with Gasteiger partial charge in [-0.2, -0.15) is 0 Å². The highest BCUT2D eigenvalue weighted by Crippen LogP contribution is 2.29. The van der Waals surface area contributed by atoms with Gasteiger partial charge in [0.25, 0.3) is 0 Å². The van der Waals surface area contributed by atoms with E-state index < -0.39 is 0 Å². The Morgan fingerprint density at radius 3 is 2.71 bits per heavy atom. The van der Waals surface area contributed by atoms with Crippen molar-refractivity contribution in [2.24, 2.45) is 0 Å². The zero-order valence-electron chi connectivity index (χ0n) is 10.3. The highest BCUT2D eigenvalue weighted by Gasteiger charge is 2.25. The molecule has 0 spiro atoms. The summed E-state index contributed by atoms with van der Waals surface area (Å²) in [5.74, 6) is 0.442. The van der Waals surface area contributed by atoms with Gasteiger partial charge in [0.2, 0.25) is 0 Å². The fourth-order valence-electron chi connectivity index (χ4n) is 2.30. The van der Waals surface area contributed by atoms with Gasteiger partial charge in [-0.3, -0.25) is 4.98 Å². The molecule has 3 nitrogen and oxygen atoms in total. The number of hydrogen-bond acceptors (Lipinski definition) is 3. The molecule has 96 valence electrons. The van der Waals surface area contributed by atoms with Gasteiger partial charge in [-0.15, -0.1) is 12.4 Å². The highest BCUT2D eigenvalue weighted by atomic mass is 35.5. The monoisotopic (exact) mass is 275 g/mol. The van der Waals surface area contributed by atoms with Gasteiger partial charge in [0.1, 0.15) is 0 Å². The predicted molar refractivity (Wildman–Crippen MR) is 73.0 cm³/mol. The molecule has 0 amide bonds. The van der Waals surface area contributed by atoms with E-state index in [1.165, 1.54) is 19.4 Å². The van der Waals surface area contributed by atoms with Crippen LogP contribution in [0.4, 0.5) is 0 Å². The second-order valence-electron chi connectivity index (χ2n) is 4.66. The van der Waals surface area contributed by atoms with Crippen LogP contribution in [0.3, 0.4) is 0 Å². The molecular formula is C12H19Cl2N3. The number of hydrogen-bond donors (Lipinski definition) is 0. The molecule has 1 unspecified atom stereocenters. The molecule has 0 saturated carbocycles. The molecule has 0 bridgehead atoms. The maximum absolute atomic E-state index is 6.09. The van der Waals surface area contributed by atoms with Crippen LogP contribution in [0.15, 0.2) is 12.4 Å². The Kier molecular flexibility index (Phi) is 5.63. The van der Waals surface area contributed by atoms with Crippen LogP contribution in [0.1, 0.15) is 38.3 Å². The summed E-state index contributed by atoms with van der Waals surface area (Å²) in [5, 5.41) is 0.568. The zero-order chi connectivity index (χ0) is 11.5. The average molecular weight is 276 g/mol. The molecule has 0 radical (unpaired) electrons. The van der Waals surface area contributed by atoms with Crippen molar-refractivity contribution in [1.29, 1.82) is 0 Å². The molecule has 1 saturated heterocycles. The number of likely N-dealkylation sites (tertiary alicyclic amines) is 1. The van der Waals surface area contributed by atoms with E-state index >= 15 is 0 Å². The summed E-state index contributed by atoms with van der Waals surface area (Å²) in [4.78, 5) is 11.0. The minimum Gasteiger partial charge on any atom is -0.300 e. The van der Waals surface area contributed by atoms with Gasteiger partial charge in [0, 0.05) is 30.9 Å². The number of aromatic nitrogens is 2. The molecule has 1 atom stereocenters. The van der Waals surface area contributed by atoms with Crippen LogP contribution >= 0.6 is 24.0 Å². The molecule has 1 aliphatic heterocycles. The van der Waals surface area contributed by atoms with E-state index in [-0.39, 0.29) is 12.4 Å². The van der Waals surface area contributed by atoms with Gasteiger partial charge in [-0.1, -0.05) is 11.6 Å². The normalized spacial score (nSPS) is 21.3. The fraction of sp³-hybridized carbons (Fsp3) is 0.667. The Morgan fingerprint density at radius 1 is 1.35 bits per heavy atom. The van der Waals surface area contributed by atoms with Crippen molar-refractivity contribution in [3.8, 4) is 0 Å². The van der Waals surface area contributed by atoms with E-state index in [2.05, 4.69) is 28.7 Å². The SMILES string of the molecule is CC(C)N1CCCC(c2nccnc2Cl)C1.Cl. The lowest BCUT2D eigenvalue weighted by atomic mass is 9.94. The fourth-order valence-corrected chi connectivity index (χ4v) is 2.56. The van der Waals surface area contributed by atoms with Gasteiger partial charge < -0.3 is 4.90 Å². The van der Waals surface area contributed by atoms with Crippen molar-refractivity contribution < 1.29 is 0 Å². The summed E-state index contributed by atoms with van der Waals surface area (Å²) in [6.07, 6.45) is 5.77. The summed E-state index contributed by atoms with van der Waals surface area (Å²) in [6, 6.07) is 0.596. The molecule has 1 aliphatic rings. The summed E-state index contributed by atoms with van der Waals surface area (Å²) >= 11 is 6.09. The summed E-state index contributed by atoms with van der Waals surface area (Å²) in [5.41, 5.74) is 0.967. The van der Waals surface area contributed by atoms with Crippen molar-refractivity contribution in [3.05, 3.63) is 23.2 Å². The second kappa shape index (κ2) is 6.53. The Bertz CT molecular complexity index is 357. The third-order valence-corrected chi connectivity index (χ3v) is 3.54. The number of piperidine rings is 1. The Balaban J connectivity index is 0.00000144. The molecule has 1 aromatic heterocycles. The van der Waals surface area contributed by atoms with Crippen LogP contribution in [0.5, 0.6) is 0 Å². The van der Waals surface area contributed by atoms with Crippen LogP contribution in [0.2, 0.25) is 5.15 Å². The minimum atomic E-state index is 0. The average Bonchev–Trinajstić information content (AvgIpc) is 2.30. The molecule has 5 heteroatoms. The first-order chi connectivity index (χ1) is 7.68. The number of nitrogens with zero attached hydrogens (tertiary/aromatic N) is 3. The number of halogens is 2. The van der Waals surface area contributed by atoms with E-state index in [1.807, 2.05) is 0 Å². The molecule has 1 fully saturated rings. The molecule has 0 N–H and O–H groups in total. The van der Waals surface area contributed by atoms with Crippen LogP contribution in [0.25, 0.3) is 0 Å². The van der Waals surface area contributed by atoms with E-state index in [0.717, 1.165) is 12.2 Å². The Labute approximate surface area is 114 Å².